The molecule has 0 aliphatic heterocycles. The Morgan fingerprint density at radius 2 is 1.79 bits per heavy atom. The average Bonchev–Trinajstić information content (AvgIpc) is 2.47. The van der Waals surface area contributed by atoms with Crippen LogP contribution in [0.25, 0.3) is 0 Å². The van der Waals surface area contributed by atoms with E-state index in [0.717, 1.165) is 18.6 Å². The number of hydrogen-bond donors (Lipinski definition) is 0. The first-order valence-corrected chi connectivity index (χ1v) is 7.86. The number of aryl methyl sites for hydroxylation is 1. The molecule has 1 fully saturated rings. The van der Waals surface area contributed by atoms with Gasteiger partial charge in [0.1, 0.15) is 6.29 Å². The molecule has 0 N–H and O–H groups in total. The van der Waals surface area contributed by atoms with Crippen LogP contribution in [-0.2, 0) is 11.2 Å². The maximum atomic E-state index is 10.5. The highest BCUT2D eigenvalue weighted by molar-refractivity contribution is 5.49. The molecule has 1 aromatic rings. The minimum absolute atomic E-state index is 0.651. The van der Waals surface area contributed by atoms with E-state index in [1.165, 1.54) is 56.1 Å². The van der Waals surface area contributed by atoms with Gasteiger partial charge in [0.05, 0.1) is 0 Å². The fourth-order valence-electron chi connectivity index (χ4n) is 3.20. The van der Waals surface area contributed by atoms with Crippen LogP contribution in [-0.4, -0.2) is 6.29 Å². The van der Waals surface area contributed by atoms with E-state index < -0.39 is 0 Å². The first kappa shape index (κ1) is 14.3. The van der Waals surface area contributed by atoms with Crippen molar-refractivity contribution in [1.82, 2.24) is 0 Å². The van der Waals surface area contributed by atoms with Gasteiger partial charge in [-0.2, -0.15) is 0 Å². The number of hydrogen-bond acceptors (Lipinski definition) is 1. The molecule has 0 spiro atoms. The van der Waals surface area contributed by atoms with Gasteiger partial charge in [-0.25, -0.2) is 0 Å². The standard InChI is InChI=1S/C18H26O/c1-2-3-4-15-5-9-17(10-6-15)18-11-7-16(8-12-18)13-14-19/h5-6,9-10,14,16,18H,2-4,7-8,11-13H2,1H3. The third-order valence-corrected chi connectivity index (χ3v) is 4.55. The molecule has 1 heteroatoms. The Kier molecular flexibility index (Phi) is 5.62. The number of aldehydes is 1. The number of carbonyl (C=O) groups is 1. The Labute approximate surface area is 117 Å². The summed E-state index contributed by atoms with van der Waals surface area (Å²) in [7, 11) is 0. The van der Waals surface area contributed by atoms with Crippen molar-refractivity contribution in [2.45, 2.75) is 64.2 Å². The van der Waals surface area contributed by atoms with Gasteiger partial charge in [-0.3, -0.25) is 0 Å². The Morgan fingerprint density at radius 1 is 1.11 bits per heavy atom. The van der Waals surface area contributed by atoms with Crippen LogP contribution in [0.3, 0.4) is 0 Å². The van der Waals surface area contributed by atoms with E-state index in [1.54, 1.807) is 0 Å². The lowest BCUT2D eigenvalue weighted by Gasteiger charge is -2.27. The van der Waals surface area contributed by atoms with Crippen LogP contribution in [0.1, 0.15) is 68.9 Å². The summed E-state index contributed by atoms with van der Waals surface area (Å²) in [6.07, 6.45) is 10.6. The summed E-state index contributed by atoms with van der Waals surface area (Å²) in [6, 6.07) is 9.27. The van der Waals surface area contributed by atoms with E-state index in [9.17, 15) is 4.79 Å². The Balaban J connectivity index is 1.87. The summed E-state index contributed by atoms with van der Waals surface area (Å²) < 4.78 is 0. The summed E-state index contributed by atoms with van der Waals surface area (Å²) in [5.41, 5.74) is 2.98. The largest absolute Gasteiger partial charge is 0.303 e. The first-order chi connectivity index (χ1) is 9.33. The molecule has 2 rings (SSSR count). The number of rotatable bonds is 6. The zero-order valence-corrected chi connectivity index (χ0v) is 12.1. The number of unbranched alkanes of at least 4 members (excludes halogenated alkanes) is 1. The fourth-order valence-corrected chi connectivity index (χ4v) is 3.20. The maximum Gasteiger partial charge on any atom is 0.120 e. The topological polar surface area (TPSA) is 17.1 Å². The van der Waals surface area contributed by atoms with Crippen molar-refractivity contribution in [3.63, 3.8) is 0 Å². The SMILES string of the molecule is CCCCc1ccc(C2CCC(CC=O)CC2)cc1. The first-order valence-electron chi connectivity index (χ1n) is 7.86. The monoisotopic (exact) mass is 258 g/mol. The zero-order chi connectivity index (χ0) is 13.5. The van der Waals surface area contributed by atoms with Crippen LogP contribution < -0.4 is 0 Å². The van der Waals surface area contributed by atoms with Crippen LogP contribution in [0, 0.1) is 5.92 Å². The molecular formula is C18H26O. The van der Waals surface area contributed by atoms with Gasteiger partial charge in [0.2, 0.25) is 0 Å². The van der Waals surface area contributed by atoms with Gasteiger partial charge in [-0.05, 0) is 61.5 Å². The molecule has 0 atom stereocenters. The molecule has 0 aromatic heterocycles. The van der Waals surface area contributed by atoms with Gasteiger partial charge >= 0.3 is 0 Å². The summed E-state index contributed by atoms with van der Waals surface area (Å²) in [4.78, 5) is 10.5. The minimum atomic E-state index is 0.651. The molecule has 0 unspecified atom stereocenters. The predicted octanol–water partition coefficient (Wildman–Crippen LogP) is 4.89. The van der Waals surface area contributed by atoms with E-state index in [4.69, 9.17) is 0 Å². The lowest BCUT2D eigenvalue weighted by molar-refractivity contribution is -0.108. The number of benzene rings is 1. The van der Waals surface area contributed by atoms with Gasteiger partial charge in [0.15, 0.2) is 0 Å². The molecule has 1 aliphatic rings. The van der Waals surface area contributed by atoms with Crippen LogP contribution >= 0.6 is 0 Å². The lowest BCUT2D eigenvalue weighted by Crippen LogP contribution is -2.13. The van der Waals surface area contributed by atoms with Gasteiger partial charge in [0, 0.05) is 6.42 Å². The van der Waals surface area contributed by atoms with E-state index in [0.29, 0.717) is 5.92 Å². The second kappa shape index (κ2) is 7.47. The molecule has 0 saturated heterocycles. The lowest BCUT2D eigenvalue weighted by atomic mass is 9.77. The molecule has 0 amide bonds. The summed E-state index contributed by atoms with van der Waals surface area (Å²) >= 11 is 0. The van der Waals surface area contributed by atoms with Crippen molar-refractivity contribution in [1.29, 1.82) is 0 Å². The quantitative estimate of drug-likeness (QED) is 0.664. The molecular weight excluding hydrogens is 232 g/mol. The molecule has 1 aromatic carbocycles. The third kappa shape index (κ3) is 4.19. The van der Waals surface area contributed by atoms with Crippen molar-refractivity contribution in [2.24, 2.45) is 5.92 Å². The Hall–Kier alpha value is -1.11. The summed E-state index contributed by atoms with van der Waals surface area (Å²) in [5, 5.41) is 0. The van der Waals surface area contributed by atoms with Gasteiger partial charge in [-0.1, -0.05) is 37.6 Å². The summed E-state index contributed by atoms with van der Waals surface area (Å²) in [5.74, 6) is 1.38. The second-order valence-electron chi connectivity index (χ2n) is 5.97. The van der Waals surface area contributed by atoms with Crippen molar-refractivity contribution < 1.29 is 4.79 Å². The Bertz CT molecular complexity index is 371. The van der Waals surface area contributed by atoms with E-state index in [1.807, 2.05) is 0 Å². The summed E-state index contributed by atoms with van der Waals surface area (Å²) in [6.45, 7) is 2.24. The number of carbonyl (C=O) groups excluding carboxylic acids is 1. The van der Waals surface area contributed by atoms with Crippen LogP contribution in [0.2, 0.25) is 0 Å². The van der Waals surface area contributed by atoms with E-state index in [-0.39, 0.29) is 0 Å². The zero-order valence-electron chi connectivity index (χ0n) is 12.1. The molecule has 1 aliphatic carbocycles. The maximum absolute atomic E-state index is 10.5. The van der Waals surface area contributed by atoms with E-state index in [2.05, 4.69) is 31.2 Å². The van der Waals surface area contributed by atoms with E-state index >= 15 is 0 Å². The smallest absolute Gasteiger partial charge is 0.120 e. The third-order valence-electron chi connectivity index (χ3n) is 4.55. The molecule has 104 valence electrons. The van der Waals surface area contributed by atoms with Crippen molar-refractivity contribution >= 4 is 6.29 Å². The predicted molar refractivity (Wildman–Crippen MR) is 80.4 cm³/mol. The van der Waals surface area contributed by atoms with Gasteiger partial charge in [-0.15, -0.1) is 0 Å². The van der Waals surface area contributed by atoms with Crippen molar-refractivity contribution in [3.8, 4) is 0 Å². The molecule has 0 radical (unpaired) electrons. The highest BCUT2D eigenvalue weighted by Crippen LogP contribution is 2.36. The molecule has 1 nitrogen and oxygen atoms in total. The van der Waals surface area contributed by atoms with Crippen molar-refractivity contribution in [3.05, 3.63) is 35.4 Å². The van der Waals surface area contributed by atoms with Gasteiger partial charge in [0.25, 0.3) is 0 Å². The molecule has 0 bridgehead atoms. The normalized spacial score (nSPS) is 23.2. The van der Waals surface area contributed by atoms with Crippen LogP contribution in [0.5, 0.6) is 0 Å². The van der Waals surface area contributed by atoms with Crippen LogP contribution in [0.4, 0.5) is 0 Å². The molecule has 0 heterocycles. The minimum Gasteiger partial charge on any atom is -0.303 e. The highest BCUT2D eigenvalue weighted by atomic mass is 16.1. The average molecular weight is 258 g/mol. The molecule has 1 saturated carbocycles. The fraction of sp³-hybridized carbons (Fsp3) is 0.611. The highest BCUT2D eigenvalue weighted by Gasteiger charge is 2.21. The Morgan fingerprint density at radius 3 is 2.37 bits per heavy atom. The molecule has 19 heavy (non-hydrogen) atoms. The second-order valence-corrected chi connectivity index (χ2v) is 5.97. The van der Waals surface area contributed by atoms with Crippen LogP contribution in [0.15, 0.2) is 24.3 Å². The van der Waals surface area contributed by atoms with Crippen molar-refractivity contribution in [2.75, 3.05) is 0 Å². The van der Waals surface area contributed by atoms with Gasteiger partial charge < -0.3 is 4.79 Å².